The van der Waals surface area contributed by atoms with E-state index >= 15 is 0 Å². The van der Waals surface area contributed by atoms with Gasteiger partial charge in [-0.3, -0.25) is 4.79 Å². The van der Waals surface area contributed by atoms with E-state index in [-0.39, 0.29) is 24.4 Å². The van der Waals surface area contributed by atoms with Crippen molar-refractivity contribution in [3.8, 4) is 5.75 Å². The molecule has 1 aliphatic rings. The average Bonchev–Trinajstić information content (AvgIpc) is 2.93. The van der Waals surface area contributed by atoms with Gasteiger partial charge in [-0.25, -0.2) is 0 Å². The highest BCUT2D eigenvalue weighted by Crippen LogP contribution is 2.18. The highest BCUT2D eigenvalue weighted by Gasteiger charge is 2.22. The van der Waals surface area contributed by atoms with Crippen LogP contribution in [0, 0.1) is 13.8 Å². The maximum atomic E-state index is 12.5. The quantitative estimate of drug-likeness (QED) is 0.865. The first-order chi connectivity index (χ1) is 12.0. The third kappa shape index (κ3) is 4.77. The largest absolute Gasteiger partial charge is 0.489 e. The summed E-state index contributed by atoms with van der Waals surface area (Å²) in [6.07, 6.45) is 0.425. The molecule has 2 heterocycles. The number of carbonyl (C=O) groups is 1. The lowest BCUT2D eigenvalue weighted by molar-refractivity contribution is -0.133. The molecule has 1 fully saturated rings. The molecule has 2 aromatic rings. The minimum atomic E-state index is 0. The summed E-state index contributed by atoms with van der Waals surface area (Å²) in [5.74, 6) is 1.73. The number of amides is 1. The highest BCUT2D eigenvalue weighted by molar-refractivity contribution is 5.85. The van der Waals surface area contributed by atoms with Gasteiger partial charge in [0, 0.05) is 25.7 Å². The second kappa shape index (κ2) is 9.05. The minimum Gasteiger partial charge on any atom is -0.489 e. The maximum absolute atomic E-state index is 12.5. The molecule has 1 saturated heterocycles. The number of benzene rings is 1. The average molecular weight is 380 g/mol. The first-order valence-electron chi connectivity index (χ1n) is 8.68. The number of hydrogen-bond donors (Lipinski definition) is 1. The van der Waals surface area contributed by atoms with E-state index in [0.29, 0.717) is 13.0 Å². The fourth-order valence-electron chi connectivity index (χ4n) is 3.05. The van der Waals surface area contributed by atoms with E-state index in [0.717, 1.165) is 48.0 Å². The Bertz CT molecular complexity index is 711. The predicted octanol–water partition coefficient (Wildman–Crippen LogP) is 2.66. The lowest BCUT2D eigenvalue weighted by atomic mass is 10.1. The molecule has 142 valence electrons. The van der Waals surface area contributed by atoms with Gasteiger partial charge < -0.3 is 19.5 Å². The van der Waals surface area contributed by atoms with E-state index in [2.05, 4.69) is 17.4 Å². The number of aryl methyl sites for hydroxylation is 2. The normalized spacial score (nSPS) is 16.9. The van der Waals surface area contributed by atoms with E-state index in [1.807, 2.05) is 43.0 Å². The molecule has 6 nitrogen and oxygen atoms in total. The van der Waals surface area contributed by atoms with Crippen LogP contribution in [0.15, 0.2) is 28.8 Å². The Kier molecular flexibility index (Phi) is 7.06. The fourth-order valence-corrected chi connectivity index (χ4v) is 3.05. The van der Waals surface area contributed by atoms with Crippen LogP contribution in [0.2, 0.25) is 0 Å². The van der Waals surface area contributed by atoms with Gasteiger partial charge in [-0.2, -0.15) is 0 Å². The van der Waals surface area contributed by atoms with Crippen LogP contribution in [0.4, 0.5) is 0 Å². The monoisotopic (exact) mass is 379 g/mol. The number of ether oxygens (including phenoxy) is 1. The summed E-state index contributed by atoms with van der Waals surface area (Å²) in [7, 11) is 0. The number of nitrogens with one attached hydrogen (secondary N) is 1. The van der Waals surface area contributed by atoms with Crippen molar-refractivity contribution in [3.63, 3.8) is 0 Å². The van der Waals surface area contributed by atoms with Crippen molar-refractivity contribution in [1.82, 2.24) is 15.4 Å². The third-order valence-electron chi connectivity index (χ3n) is 4.66. The van der Waals surface area contributed by atoms with E-state index < -0.39 is 0 Å². The molecule has 1 amide bonds. The Balaban J connectivity index is 0.00000243. The first-order valence-corrected chi connectivity index (χ1v) is 8.68. The molecule has 1 atom stereocenters. The SMILES string of the molecule is Cc1noc(C)c1COc1ccc(CC(=O)N2CCNCC2C)cc1.Cl. The number of rotatable bonds is 5. The lowest BCUT2D eigenvalue weighted by Gasteiger charge is -2.34. The Morgan fingerprint density at radius 3 is 2.69 bits per heavy atom. The van der Waals surface area contributed by atoms with Crippen molar-refractivity contribution >= 4 is 18.3 Å². The van der Waals surface area contributed by atoms with Gasteiger partial charge in [-0.15, -0.1) is 12.4 Å². The van der Waals surface area contributed by atoms with Crippen LogP contribution < -0.4 is 10.1 Å². The number of carbonyl (C=O) groups excluding carboxylic acids is 1. The van der Waals surface area contributed by atoms with Crippen molar-refractivity contribution in [2.75, 3.05) is 19.6 Å². The Labute approximate surface area is 160 Å². The predicted molar refractivity (Wildman–Crippen MR) is 102 cm³/mol. The van der Waals surface area contributed by atoms with Gasteiger partial charge in [0.05, 0.1) is 17.7 Å². The van der Waals surface area contributed by atoms with Gasteiger partial charge in [-0.05, 0) is 38.5 Å². The summed E-state index contributed by atoms with van der Waals surface area (Å²) in [4.78, 5) is 14.4. The van der Waals surface area contributed by atoms with Crippen LogP contribution in [0.1, 0.15) is 29.5 Å². The molecule has 1 aliphatic heterocycles. The van der Waals surface area contributed by atoms with Crippen molar-refractivity contribution < 1.29 is 14.1 Å². The van der Waals surface area contributed by atoms with E-state index in [9.17, 15) is 4.79 Å². The van der Waals surface area contributed by atoms with Gasteiger partial charge >= 0.3 is 0 Å². The van der Waals surface area contributed by atoms with E-state index in [1.165, 1.54) is 0 Å². The second-order valence-corrected chi connectivity index (χ2v) is 6.55. The molecule has 0 radical (unpaired) electrons. The number of halogens is 1. The zero-order chi connectivity index (χ0) is 17.8. The number of aromatic nitrogens is 1. The fraction of sp³-hybridized carbons (Fsp3) is 0.474. The summed E-state index contributed by atoms with van der Waals surface area (Å²) in [5, 5.41) is 7.23. The zero-order valence-electron chi connectivity index (χ0n) is 15.4. The molecule has 1 N–H and O–H groups in total. The molecule has 1 unspecified atom stereocenters. The van der Waals surface area contributed by atoms with Crippen molar-refractivity contribution in [3.05, 3.63) is 46.8 Å². The van der Waals surface area contributed by atoms with Crippen LogP contribution in [0.3, 0.4) is 0 Å². The Hall–Kier alpha value is -2.05. The molecule has 0 spiro atoms. The van der Waals surface area contributed by atoms with Crippen LogP contribution in [0.5, 0.6) is 5.75 Å². The Morgan fingerprint density at radius 2 is 2.08 bits per heavy atom. The molecule has 26 heavy (non-hydrogen) atoms. The summed E-state index contributed by atoms with van der Waals surface area (Å²) in [5.41, 5.74) is 2.83. The summed E-state index contributed by atoms with van der Waals surface area (Å²) in [6.45, 7) is 8.79. The smallest absolute Gasteiger partial charge is 0.227 e. The van der Waals surface area contributed by atoms with Crippen molar-refractivity contribution in [2.24, 2.45) is 0 Å². The van der Waals surface area contributed by atoms with Crippen LogP contribution in [-0.2, 0) is 17.8 Å². The highest BCUT2D eigenvalue weighted by atomic mass is 35.5. The number of nitrogens with zero attached hydrogens (tertiary/aromatic N) is 2. The van der Waals surface area contributed by atoms with Crippen LogP contribution in [-0.4, -0.2) is 41.6 Å². The molecular formula is C19H26ClN3O3. The number of piperazine rings is 1. The van der Waals surface area contributed by atoms with Gasteiger partial charge in [-0.1, -0.05) is 17.3 Å². The maximum Gasteiger partial charge on any atom is 0.227 e. The lowest BCUT2D eigenvalue weighted by Crippen LogP contribution is -2.52. The molecule has 0 aliphatic carbocycles. The van der Waals surface area contributed by atoms with Gasteiger partial charge in [0.1, 0.15) is 18.1 Å². The number of hydrogen-bond acceptors (Lipinski definition) is 5. The van der Waals surface area contributed by atoms with Crippen molar-refractivity contribution in [2.45, 2.75) is 39.8 Å². The molecule has 3 rings (SSSR count). The summed E-state index contributed by atoms with van der Waals surface area (Å²) in [6, 6.07) is 7.96. The zero-order valence-corrected chi connectivity index (χ0v) is 16.3. The van der Waals surface area contributed by atoms with Gasteiger partial charge in [0.15, 0.2) is 0 Å². The molecular weight excluding hydrogens is 354 g/mol. The molecule has 1 aromatic carbocycles. The van der Waals surface area contributed by atoms with E-state index in [1.54, 1.807) is 0 Å². The minimum absolute atomic E-state index is 0. The topological polar surface area (TPSA) is 67.6 Å². The summed E-state index contributed by atoms with van der Waals surface area (Å²) >= 11 is 0. The van der Waals surface area contributed by atoms with E-state index in [4.69, 9.17) is 9.26 Å². The van der Waals surface area contributed by atoms with Crippen molar-refractivity contribution in [1.29, 1.82) is 0 Å². The Morgan fingerprint density at radius 1 is 1.35 bits per heavy atom. The second-order valence-electron chi connectivity index (χ2n) is 6.55. The van der Waals surface area contributed by atoms with Crippen LogP contribution in [0.25, 0.3) is 0 Å². The molecule has 1 aromatic heterocycles. The molecule has 0 saturated carbocycles. The molecule has 7 heteroatoms. The third-order valence-corrected chi connectivity index (χ3v) is 4.66. The van der Waals surface area contributed by atoms with Gasteiger partial charge in [0.2, 0.25) is 5.91 Å². The standard InChI is InChI=1S/C19H25N3O3.ClH/c1-13-11-20-8-9-22(13)19(23)10-16-4-6-17(7-5-16)24-12-18-14(2)21-25-15(18)3;/h4-7,13,20H,8-12H2,1-3H3;1H. The first kappa shape index (κ1) is 20.3. The van der Waals surface area contributed by atoms with Gasteiger partial charge in [0.25, 0.3) is 0 Å². The van der Waals surface area contributed by atoms with Crippen LogP contribution >= 0.6 is 12.4 Å². The summed E-state index contributed by atoms with van der Waals surface area (Å²) < 4.78 is 10.9. The molecule has 0 bridgehead atoms.